The molecule has 2 rings (SSSR count). The van der Waals surface area contributed by atoms with Crippen molar-refractivity contribution >= 4 is 54.8 Å². The summed E-state index contributed by atoms with van der Waals surface area (Å²) in [7, 11) is -3.86. The van der Waals surface area contributed by atoms with Crippen molar-refractivity contribution < 1.29 is 18.0 Å². The third-order valence-corrected chi connectivity index (χ3v) is 6.46. The SMILES string of the molecule is CC(=O)Nc1ccc(S(=O)(=O)N[C@@H](C)C(=O)NCc2ccc(Br)s2)cc1. The molecule has 140 valence electrons. The molecule has 0 fully saturated rings. The van der Waals surface area contributed by atoms with E-state index < -0.39 is 22.0 Å². The van der Waals surface area contributed by atoms with Gasteiger partial charge in [-0.05, 0) is 59.3 Å². The van der Waals surface area contributed by atoms with Crippen LogP contribution in [0.5, 0.6) is 0 Å². The van der Waals surface area contributed by atoms with Crippen molar-refractivity contribution in [1.82, 2.24) is 10.0 Å². The third kappa shape index (κ3) is 5.90. The van der Waals surface area contributed by atoms with E-state index in [9.17, 15) is 18.0 Å². The highest BCUT2D eigenvalue weighted by Gasteiger charge is 2.22. The van der Waals surface area contributed by atoms with Gasteiger partial charge < -0.3 is 10.6 Å². The number of halogens is 1. The van der Waals surface area contributed by atoms with E-state index in [1.165, 1.54) is 49.4 Å². The van der Waals surface area contributed by atoms with Crippen molar-refractivity contribution in [3.63, 3.8) is 0 Å². The van der Waals surface area contributed by atoms with E-state index in [-0.39, 0.29) is 10.8 Å². The van der Waals surface area contributed by atoms with Crippen LogP contribution in [0.4, 0.5) is 5.69 Å². The molecule has 1 atom stereocenters. The Morgan fingerprint density at radius 1 is 1.15 bits per heavy atom. The molecule has 0 saturated carbocycles. The maximum Gasteiger partial charge on any atom is 0.241 e. The summed E-state index contributed by atoms with van der Waals surface area (Å²) in [5.41, 5.74) is 0.490. The number of amides is 2. The van der Waals surface area contributed by atoms with Gasteiger partial charge in [0.15, 0.2) is 0 Å². The largest absolute Gasteiger partial charge is 0.350 e. The van der Waals surface area contributed by atoms with Gasteiger partial charge in [0.25, 0.3) is 0 Å². The monoisotopic (exact) mass is 459 g/mol. The van der Waals surface area contributed by atoms with Crippen LogP contribution in [0.25, 0.3) is 0 Å². The van der Waals surface area contributed by atoms with E-state index in [1.807, 2.05) is 12.1 Å². The van der Waals surface area contributed by atoms with Gasteiger partial charge in [-0.2, -0.15) is 4.72 Å². The standard InChI is InChI=1S/C16H18BrN3O4S2/c1-10(16(22)18-9-13-5-8-15(17)25-13)20-26(23,24)14-6-3-12(4-7-14)19-11(2)21/h3-8,10,20H,9H2,1-2H3,(H,18,22)(H,19,21)/t10-/m0/s1. The molecule has 0 unspecified atom stereocenters. The summed E-state index contributed by atoms with van der Waals surface area (Å²) in [5.74, 6) is -0.672. The minimum Gasteiger partial charge on any atom is -0.350 e. The average molecular weight is 460 g/mol. The molecule has 0 aliphatic heterocycles. The molecule has 0 radical (unpaired) electrons. The summed E-state index contributed by atoms with van der Waals surface area (Å²) in [5, 5.41) is 5.25. The lowest BCUT2D eigenvalue weighted by molar-refractivity contribution is -0.122. The number of nitrogens with one attached hydrogen (secondary N) is 3. The van der Waals surface area contributed by atoms with Gasteiger partial charge in [-0.3, -0.25) is 9.59 Å². The Balaban J connectivity index is 1.96. The van der Waals surface area contributed by atoms with Crippen LogP contribution in [0.1, 0.15) is 18.7 Å². The lowest BCUT2D eigenvalue weighted by atomic mass is 10.3. The van der Waals surface area contributed by atoms with Crippen molar-refractivity contribution in [2.75, 3.05) is 5.32 Å². The second kappa shape index (κ2) is 8.76. The van der Waals surface area contributed by atoms with Gasteiger partial charge in [-0.25, -0.2) is 8.42 Å². The predicted octanol–water partition coefficient (Wildman–Crippen LogP) is 2.45. The first-order valence-corrected chi connectivity index (χ1v) is 10.7. The van der Waals surface area contributed by atoms with Crippen LogP contribution in [0.15, 0.2) is 45.1 Å². The number of hydrogen-bond donors (Lipinski definition) is 3. The lowest BCUT2D eigenvalue weighted by Gasteiger charge is -2.14. The molecule has 1 heterocycles. The molecule has 0 spiro atoms. The zero-order chi connectivity index (χ0) is 19.3. The second-order valence-electron chi connectivity index (χ2n) is 5.47. The molecule has 0 aliphatic rings. The molecular formula is C16H18BrN3O4S2. The van der Waals surface area contributed by atoms with Gasteiger partial charge in [-0.15, -0.1) is 11.3 Å². The van der Waals surface area contributed by atoms with Crippen LogP contribution in [-0.2, 0) is 26.2 Å². The van der Waals surface area contributed by atoms with E-state index in [2.05, 4.69) is 31.3 Å². The highest BCUT2D eigenvalue weighted by Crippen LogP contribution is 2.21. The summed E-state index contributed by atoms with van der Waals surface area (Å²) in [4.78, 5) is 24.1. The first-order chi connectivity index (χ1) is 12.2. The van der Waals surface area contributed by atoms with Crippen molar-refractivity contribution in [3.8, 4) is 0 Å². The Hall–Kier alpha value is -1.75. The number of hydrogen-bond acceptors (Lipinski definition) is 5. The fourth-order valence-electron chi connectivity index (χ4n) is 2.05. The van der Waals surface area contributed by atoms with E-state index in [0.29, 0.717) is 12.2 Å². The number of rotatable bonds is 7. The molecular weight excluding hydrogens is 442 g/mol. The molecule has 2 aromatic rings. The molecule has 0 saturated heterocycles. The Labute approximate surface area is 164 Å². The minimum absolute atomic E-state index is 0.00781. The summed E-state index contributed by atoms with van der Waals surface area (Å²) >= 11 is 4.83. The van der Waals surface area contributed by atoms with Crippen molar-refractivity contribution in [1.29, 1.82) is 0 Å². The normalized spacial score (nSPS) is 12.4. The van der Waals surface area contributed by atoms with Crippen molar-refractivity contribution in [2.24, 2.45) is 0 Å². The Bertz CT molecular complexity index is 894. The molecule has 3 N–H and O–H groups in total. The molecule has 1 aromatic heterocycles. The van der Waals surface area contributed by atoms with Gasteiger partial charge in [-0.1, -0.05) is 0 Å². The first kappa shape index (κ1) is 20.6. The van der Waals surface area contributed by atoms with E-state index in [4.69, 9.17) is 0 Å². The number of anilines is 1. The van der Waals surface area contributed by atoms with Gasteiger partial charge in [0.1, 0.15) is 0 Å². The minimum atomic E-state index is -3.86. The van der Waals surface area contributed by atoms with Gasteiger partial charge >= 0.3 is 0 Å². The number of thiophene rings is 1. The molecule has 26 heavy (non-hydrogen) atoms. The smallest absolute Gasteiger partial charge is 0.241 e. The van der Waals surface area contributed by atoms with Gasteiger partial charge in [0, 0.05) is 17.5 Å². The van der Waals surface area contributed by atoms with Crippen molar-refractivity contribution in [2.45, 2.75) is 31.3 Å². The fraction of sp³-hybridized carbons (Fsp3) is 0.250. The zero-order valence-corrected chi connectivity index (χ0v) is 17.3. The average Bonchev–Trinajstić information content (AvgIpc) is 2.97. The Kier molecular flexibility index (Phi) is 6.93. The second-order valence-corrected chi connectivity index (χ2v) is 9.73. The molecule has 10 heteroatoms. The van der Waals surface area contributed by atoms with Crippen LogP contribution in [0.3, 0.4) is 0 Å². The number of carbonyl (C=O) groups excluding carboxylic acids is 2. The van der Waals surface area contributed by atoms with Crippen LogP contribution in [0.2, 0.25) is 0 Å². The highest BCUT2D eigenvalue weighted by atomic mass is 79.9. The first-order valence-electron chi connectivity index (χ1n) is 7.59. The van der Waals surface area contributed by atoms with Crippen LogP contribution < -0.4 is 15.4 Å². The Morgan fingerprint density at radius 2 is 1.81 bits per heavy atom. The summed E-state index contributed by atoms with van der Waals surface area (Å²) in [6.45, 7) is 3.16. The maximum atomic E-state index is 12.4. The van der Waals surface area contributed by atoms with Crippen LogP contribution >= 0.6 is 27.3 Å². The number of carbonyl (C=O) groups is 2. The van der Waals surface area contributed by atoms with E-state index in [1.54, 1.807) is 0 Å². The molecule has 0 bridgehead atoms. The maximum absolute atomic E-state index is 12.4. The Morgan fingerprint density at radius 3 is 2.35 bits per heavy atom. The highest BCUT2D eigenvalue weighted by molar-refractivity contribution is 9.11. The number of sulfonamides is 1. The number of benzene rings is 1. The molecule has 0 aliphatic carbocycles. The van der Waals surface area contributed by atoms with E-state index >= 15 is 0 Å². The summed E-state index contributed by atoms with van der Waals surface area (Å²) < 4.78 is 28.0. The van der Waals surface area contributed by atoms with E-state index in [0.717, 1.165) is 8.66 Å². The fourth-order valence-corrected chi connectivity index (χ4v) is 4.67. The third-order valence-electron chi connectivity index (χ3n) is 3.28. The van der Waals surface area contributed by atoms with Crippen LogP contribution in [0, 0.1) is 0 Å². The summed E-state index contributed by atoms with van der Waals surface area (Å²) in [6, 6.07) is 8.51. The predicted molar refractivity (Wildman–Crippen MR) is 104 cm³/mol. The summed E-state index contributed by atoms with van der Waals surface area (Å²) in [6.07, 6.45) is 0. The van der Waals surface area contributed by atoms with Gasteiger partial charge in [0.05, 0.1) is 21.3 Å². The molecule has 2 amide bonds. The van der Waals surface area contributed by atoms with Crippen LogP contribution in [-0.4, -0.2) is 26.3 Å². The molecule has 7 nitrogen and oxygen atoms in total. The molecule has 1 aromatic carbocycles. The quantitative estimate of drug-likeness (QED) is 0.591. The topological polar surface area (TPSA) is 104 Å². The zero-order valence-electron chi connectivity index (χ0n) is 14.1. The van der Waals surface area contributed by atoms with Gasteiger partial charge in [0.2, 0.25) is 21.8 Å². The lowest BCUT2D eigenvalue weighted by Crippen LogP contribution is -2.44. The van der Waals surface area contributed by atoms with Crippen molar-refractivity contribution in [3.05, 3.63) is 45.1 Å².